The normalized spacial score (nSPS) is 22.6. The van der Waals surface area contributed by atoms with Gasteiger partial charge < -0.3 is 10.2 Å². The Labute approximate surface area is 102 Å². The van der Waals surface area contributed by atoms with Crippen molar-refractivity contribution in [3.05, 3.63) is 35.9 Å². The summed E-state index contributed by atoms with van der Waals surface area (Å²) in [7, 11) is 0. The molecule has 0 unspecified atom stereocenters. The molecule has 90 valence electrons. The zero-order valence-electron chi connectivity index (χ0n) is 9.98. The SMILES string of the molecule is O=C1N(Cc2ccccc2)CCCC12CNC2. The Hall–Kier alpha value is -1.35. The van der Waals surface area contributed by atoms with E-state index >= 15 is 0 Å². The monoisotopic (exact) mass is 230 g/mol. The summed E-state index contributed by atoms with van der Waals surface area (Å²) in [4.78, 5) is 14.4. The van der Waals surface area contributed by atoms with Gasteiger partial charge in [0.1, 0.15) is 0 Å². The number of benzene rings is 1. The number of amides is 1. The van der Waals surface area contributed by atoms with Crippen molar-refractivity contribution < 1.29 is 4.79 Å². The maximum Gasteiger partial charge on any atom is 0.231 e. The van der Waals surface area contributed by atoms with E-state index in [1.54, 1.807) is 0 Å². The molecule has 2 fully saturated rings. The van der Waals surface area contributed by atoms with Gasteiger partial charge in [-0.3, -0.25) is 4.79 Å². The van der Waals surface area contributed by atoms with Gasteiger partial charge in [-0.1, -0.05) is 30.3 Å². The molecule has 0 aromatic heterocycles. The van der Waals surface area contributed by atoms with Crippen molar-refractivity contribution in [1.82, 2.24) is 10.2 Å². The molecule has 2 heterocycles. The lowest BCUT2D eigenvalue weighted by atomic mass is 9.74. The fraction of sp³-hybridized carbons (Fsp3) is 0.500. The molecular weight excluding hydrogens is 212 g/mol. The van der Waals surface area contributed by atoms with Gasteiger partial charge in [-0.25, -0.2) is 0 Å². The van der Waals surface area contributed by atoms with E-state index in [0.29, 0.717) is 5.91 Å². The lowest BCUT2D eigenvalue weighted by Crippen LogP contribution is -2.64. The largest absolute Gasteiger partial charge is 0.338 e. The molecule has 0 saturated carbocycles. The summed E-state index contributed by atoms with van der Waals surface area (Å²) in [6, 6.07) is 10.3. The van der Waals surface area contributed by atoms with Gasteiger partial charge >= 0.3 is 0 Å². The van der Waals surface area contributed by atoms with Crippen molar-refractivity contribution in [2.24, 2.45) is 5.41 Å². The Kier molecular flexibility index (Phi) is 2.63. The van der Waals surface area contributed by atoms with Crippen LogP contribution in [-0.4, -0.2) is 30.4 Å². The average Bonchev–Trinajstić information content (AvgIpc) is 2.31. The highest BCUT2D eigenvalue weighted by Gasteiger charge is 2.48. The second-order valence-electron chi connectivity index (χ2n) is 5.20. The minimum Gasteiger partial charge on any atom is -0.338 e. The summed E-state index contributed by atoms with van der Waals surface area (Å²) in [6.45, 7) is 3.42. The van der Waals surface area contributed by atoms with Crippen LogP contribution in [0.1, 0.15) is 18.4 Å². The number of piperidine rings is 1. The number of hydrogen-bond acceptors (Lipinski definition) is 2. The van der Waals surface area contributed by atoms with Crippen LogP contribution in [-0.2, 0) is 11.3 Å². The first-order valence-corrected chi connectivity index (χ1v) is 6.34. The standard InChI is InChI=1S/C14H18N2O/c17-13-14(10-15-11-14)7-4-8-16(13)9-12-5-2-1-3-6-12/h1-3,5-6,15H,4,7-11H2. The zero-order valence-corrected chi connectivity index (χ0v) is 9.98. The second-order valence-corrected chi connectivity index (χ2v) is 5.20. The van der Waals surface area contributed by atoms with Crippen LogP contribution in [0.2, 0.25) is 0 Å². The smallest absolute Gasteiger partial charge is 0.231 e. The van der Waals surface area contributed by atoms with Crippen molar-refractivity contribution in [2.75, 3.05) is 19.6 Å². The molecular formula is C14H18N2O. The van der Waals surface area contributed by atoms with Crippen LogP contribution in [0.5, 0.6) is 0 Å². The van der Waals surface area contributed by atoms with Crippen LogP contribution in [0.15, 0.2) is 30.3 Å². The number of carbonyl (C=O) groups excluding carboxylic acids is 1. The lowest BCUT2D eigenvalue weighted by Gasteiger charge is -2.47. The number of likely N-dealkylation sites (tertiary alicyclic amines) is 1. The van der Waals surface area contributed by atoms with Crippen LogP contribution in [0.25, 0.3) is 0 Å². The van der Waals surface area contributed by atoms with Crippen LogP contribution in [0.4, 0.5) is 0 Å². The van der Waals surface area contributed by atoms with E-state index < -0.39 is 0 Å². The van der Waals surface area contributed by atoms with E-state index in [9.17, 15) is 4.79 Å². The predicted molar refractivity (Wildman–Crippen MR) is 66.4 cm³/mol. The predicted octanol–water partition coefficient (Wildman–Crippen LogP) is 1.40. The highest BCUT2D eigenvalue weighted by molar-refractivity contribution is 5.85. The van der Waals surface area contributed by atoms with Gasteiger partial charge in [-0.15, -0.1) is 0 Å². The van der Waals surface area contributed by atoms with Crippen molar-refractivity contribution >= 4 is 5.91 Å². The fourth-order valence-corrected chi connectivity index (χ4v) is 2.86. The van der Waals surface area contributed by atoms with E-state index in [4.69, 9.17) is 0 Å². The summed E-state index contributed by atoms with van der Waals surface area (Å²) >= 11 is 0. The molecule has 0 radical (unpaired) electrons. The number of hydrogen-bond donors (Lipinski definition) is 1. The van der Waals surface area contributed by atoms with Gasteiger partial charge in [0, 0.05) is 26.2 Å². The number of rotatable bonds is 2. The Morgan fingerprint density at radius 1 is 1.24 bits per heavy atom. The molecule has 1 N–H and O–H groups in total. The Morgan fingerprint density at radius 3 is 2.65 bits per heavy atom. The molecule has 17 heavy (non-hydrogen) atoms. The van der Waals surface area contributed by atoms with Crippen LogP contribution >= 0.6 is 0 Å². The lowest BCUT2D eigenvalue weighted by molar-refractivity contribution is -0.150. The topological polar surface area (TPSA) is 32.3 Å². The van der Waals surface area contributed by atoms with Crippen molar-refractivity contribution in [1.29, 1.82) is 0 Å². The molecule has 1 spiro atoms. The average molecular weight is 230 g/mol. The molecule has 3 heteroatoms. The van der Waals surface area contributed by atoms with E-state index in [-0.39, 0.29) is 5.41 Å². The summed E-state index contributed by atoms with van der Waals surface area (Å²) in [6.07, 6.45) is 2.20. The van der Waals surface area contributed by atoms with Crippen molar-refractivity contribution in [3.63, 3.8) is 0 Å². The second kappa shape index (κ2) is 4.15. The van der Waals surface area contributed by atoms with Gasteiger partial charge in [0.05, 0.1) is 5.41 Å². The van der Waals surface area contributed by atoms with Crippen molar-refractivity contribution in [3.8, 4) is 0 Å². The molecule has 2 saturated heterocycles. The summed E-state index contributed by atoms with van der Waals surface area (Å²) in [5.74, 6) is 0.353. The molecule has 0 atom stereocenters. The highest BCUT2D eigenvalue weighted by Crippen LogP contribution is 2.35. The fourth-order valence-electron chi connectivity index (χ4n) is 2.86. The number of nitrogens with zero attached hydrogens (tertiary/aromatic N) is 1. The third-order valence-corrected chi connectivity index (χ3v) is 3.97. The minimum absolute atomic E-state index is 0.0625. The summed E-state index contributed by atoms with van der Waals surface area (Å²) in [5, 5.41) is 3.24. The summed E-state index contributed by atoms with van der Waals surface area (Å²) in [5.41, 5.74) is 1.16. The van der Waals surface area contributed by atoms with Gasteiger partial charge in [-0.2, -0.15) is 0 Å². The molecule has 1 amide bonds. The van der Waals surface area contributed by atoms with Gasteiger partial charge in [0.15, 0.2) is 0 Å². The third kappa shape index (κ3) is 1.84. The van der Waals surface area contributed by atoms with E-state index in [2.05, 4.69) is 17.4 Å². The molecule has 1 aromatic carbocycles. The third-order valence-electron chi connectivity index (χ3n) is 3.97. The van der Waals surface area contributed by atoms with Gasteiger partial charge in [0.2, 0.25) is 5.91 Å². The van der Waals surface area contributed by atoms with Crippen LogP contribution in [0.3, 0.4) is 0 Å². The molecule has 3 nitrogen and oxygen atoms in total. The Morgan fingerprint density at radius 2 is 2.00 bits per heavy atom. The quantitative estimate of drug-likeness (QED) is 0.833. The van der Waals surface area contributed by atoms with Gasteiger partial charge in [-0.05, 0) is 18.4 Å². The molecule has 1 aromatic rings. The molecule has 0 bridgehead atoms. The number of carbonyl (C=O) groups is 1. The van der Waals surface area contributed by atoms with Crippen LogP contribution < -0.4 is 5.32 Å². The molecule has 2 aliphatic heterocycles. The Balaban J connectivity index is 1.73. The maximum atomic E-state index is 12.4. The zero-order chi connectivity index (χ0) is 11.7. The molecule has 3 rings (SSSR count). The molecule has 0 aliphatic carbocycles. The first kappa shape index (κ1) is 10.8. The Bertz CT molecular complexity index is 411. The van der Waals surface area contributed by atoms with Crippen molar-refractivity contribution in [2.45, 2.75) is 19.4 Å². The van der Waals surface area contributed by atoms with E-state index in [0.717, 1.165) is 39.0 Å². The minimum atomic E-state index is -0.0625. The van der Waals surface area contributed by atoms with Gasteiger partial charge in [0.25, 0.3) is 0 Å². The van der Waals surface area contributed by atoms with Crippen LogP contribution in [0, 0.1) is 5.41 Å². The molecule has 2 aliphatic rings. The first-order chi connectivity index (χ1) is 8.30. The first-order valence-electron chi connectivity index (χ1n) is 6.34. The number of nitrogens with one attached hydrogen (secondary N) is 1. The van der Waals surface area contributed by atoms with E-state index in [1.807, 2.05) is 23.1 Å². The summed E-state index contributed by atoms with van der Waals surface area (Å²) < 4.78 is 0. The van der Waals surface area contributed by atoms with E-state index in [1.165, 1.54) is 5.56 Å². The maximum absolute atomic E-state index is 12.4. The highest BCUT2D eigenvalue weighted by atomic mass is 16.2.